The largest absolute Gasteiger partial charge is 0.480 e. The Bertz CT molecular complexity index is 2380. The summed E-state index contributed by atoms with van der Waals surface area (Å²) in [5.74, 6) is 0.623. The van der Waals surface area contributed by atoms with Gasteiger partial charge in [-0.15, -0.1) is 0 Å². The molecule has 7 rings (SSSR count). The fraction of sp³-hybridized carbons (Fsp3) is 0.286. The van der Waals surface area contributed by atoms with Crippen molar-refractivity contribution in [1.82, 2.24) is 25.6 Å². The number of pyridine rings is 3. The Morgan fingerprint density at radius 3 is 2.61 bits per heavy atom. The molecule has 2 atom stereocenters. The van der Waals surface area contributed by atoms with E-state index in [1.165, 1.54) is 18.7 Å². The van der Waals surface area contributed by atoms with E-state index >= 15 is 0 Å². The lowest BCUT2D eigenvalue weighted by molar-refractivity contribution is -0.145. The second kappa shape index (κ2) is 16.5. The summed E-state index contributed by atoms with van der Waals surface area (Å²) in [5.41, 5.74) is 8.20. The molecule has 2 aliphatic rings. The Morgan fingerprint density at radius 2 is 1.86 bits per heavy atom. The van der Waals surface area contributed by atoms with Gasteiger partial charge in [-0.25, -0.2) is 4.98 Å². The summed E-state index contributed by atoms with van der Waals surface area (Å²) in [4.78, 5) is 30.2. The number of fused-ring (bicyclic) bond motifs is 1. The molecule has 1 aliphatic carbocycles. The van der Waals surface area contributed by atoms with E-state index in [9.17, 15) is 20.3 Å². The number of carboxylic acids is 1. The number of halogens is 1. The molecule has 4 N–H and O–H groups in total. The minimum atomic E-state index is -1.59. The molecule has 14 heteroatoms. The lowest BCUT2D eigenvalue weighted by atomic mass is 9.90. The Hall–Kier alpha value is -5.88. The Labute approximate surface area is 332 Å². The number of amidine groups is 1. The SMILES string of the molecule is COc1nc(-c2cccc(-c3cccc4c3CC[C@@H]4Oc3nc(OCc4cncc(C#N)c4)c(CN[C@@](C)(CO)C(=O)O)cc3Br)c2C)ccc1C1=NCCN1. The van der Waals surface area contributed by atoms with Crippen LogP contribution in [0.2, 0.25) is 0 Å². The van der Waals surface area contributed by atoms with Crippen LogP contribution in [0.5, 0.6) is 17.6 Å². The van der Waals surface area contributed by atoms with Crippen LogP contribution < -0.4 is 24.8 Å². The van der Waals surface area contributed by atoms with Gasteiger partial charge in [-0.3, -0.25) is 20.1 Å². The predicted molar refractivity (Wildman–Crippen MR) is 213 cm³/mol. The van der Waals surface area contributed by atoms with Crippen molar-refractivity contribution in [3.05, 3.63) is 116 Å². The first kappa shape index (κ1) is 38.4. The summed E-state index contributed by atoms with van der Waals surface area (Å²) in [6.45, 7) is 4.48. The molecule has 0 spiro atoms. The van der Waals surface area contributed by atoms with Gasteiger partial charge in [-0.05, 0) is 94.7 Å². The molecule has 4 heterocycles. The lowest BCUT2D eigenvalue weighted by Gasteiger charge is -2.24. The summed E-state index contributed by atoms with van der Waals surface area (Å²) < 4.78 is 19.0. The fourth-order valence-electron chi connectivity index (χ4n) is 6.93. The van der Waals surface area contributed by atoms with Crippen molar-refractivity contribution in [2.75, 3.05) is 26.8 Å². The number of aromatic nitrogens is 3. The van der Waals surface area contributed by atoms with E-state index < -0.39 is 18.1 Å². The first-order chi connectivity index (χ1) is 27.1. The molecule has 0 fully saturated rings. The number of aliphatic hydroxyl groups excluding tert-OH is 1. The number of hydrogen-bond donors (Lipinski definition) is 4. The van der Waals surface area contributed by atoms with Crippen LogP contribution in [0, 0.1) is 18.3 Å². The van der Waals surface area contributed by atoms with E-state index in [-0.39, 0.29) is 25.1 Å². The number of rotatable bonds is 14. The van der Waals surface area contributed by atoms with Gasteiger partial charge in [0.25, 0.3) is 0 Å². The first-order valence-electron chi connectivity index (χ1n) is 18.1. The normalized spacial score (nSPS) is 15.6. The molecule has 3 aromatic heterocycles. The smallest absolute Gasteiger partial charge is 0.326 e. The molecule has 286 valence electrons. The van der Waals surface area contributed by atoms with Crippen LogP contribution >= 0.6 is 15.9 Å². The van der Waals surface area contributed by atoms with Gasteiger partial charge in [-0.1, -0.05) is 36.4 Å². The van der Waals surface area contributed by atoms with E-state index in [2.05, 4.69) is 79.9 Å². The van der Waals surface area contributed by atoms with Crippen LogP contribution in [0.25, 0.3) is 22.4 Å². The third-order valence-corrected chi connectivity index (χ3v) is 10.7. The number of methoxy groups -OCH3 is 1. The number of aliphatic carboxylic acids is 1. The van der Waals surface area contributed by atoms with Gasteiger partial charge >= 0.3 is 5.97 Å². The van der Waals surface area contributed by atoms with Crippen molar-refractivity contribution in [3.63, 3.8) is 0 Å². The van der Waals surface area contributed by atoms with Crippen LogP contribution in [0.3, 0.4) is 0 Å². The molecular formula is C42H40BrN7O6. The number of benzene rings is 2. The highest BCUT2D eigenvalue weighted by molar-refractivity contribution is 9.10. The number of nitrogens with zero attached hydrogens (tertiary/aromatic N) is 5. The second-order valence-corrected chi connectivity index (χ2v) is 14.6. The quantitative estimate of drug-likeness (QED) is 0.102. The van der Waals surface area contributed by atoms with E-state index in [0.717, 1.165) is 70.8 Å². The second-order valence-electron chi connectivity index (χ2n) is 13.8. The molecule has 0 bridgehead atoms. The number of ether oxygens (including phenoxy) is 3. The average molecular weight is 819 g/mol. The molecule has 56 heavy (non-hydrogen) atoms. The molecule has 0 saturated carbocycles. The number of nitrogens with one attached hydrogen (secondary N) is 2. The number of aliphatic imine (C=N–C) groups is 1. The zero-order chi connectivity index (χ0) is 39.4. The van der Waals surface area contributed by atoms with Crippen molar-refractivity contribution < 1.29 is 29.2 Å². The number of hydrogen-bond acceptors (Lipinski definition) is 12. The van der Waals surface area contributed by atoms with Crippen molar-refractivity contribution in [2.45, 2.75) is 51.5 Å². The Balaban J connectivity index is 1.17. The van der Waals surface area contributed by atoms with Crippen molar-refractivity contribution in [3.8, 4) is 46.1 Å². The topological polar surface area (TPSA) is 184 Å². The van der Waals surface area contributed by atoms with Gasteiger partial charge < -0.3 is 29.7 Å². The summed E-state index contributed by atoms with van der Waals surface area (Å²) in [5, 5.41) is 35.1. The number of carboxylic acid groups (broad SMARTS) is 1. The van der Waals surface area contributed by atoms with Gasteiger partial charge in [0.05, 0.1) is 41.6 Å². The zero-order valence-corrected chi connectivity index (χ0v) is 32.7. The summed E-state index contributed by atoms with van der Waals surface area (Å²) in [6.07, 6.45) is 4.26. The molecule has 2 aromatic carbocycles. The molecule has 5 aromatic rings. The van der Waals surface area contributed by atoms with E-state index in [1.54, 1.807) is 25.4 Å². The maximum absolute atomic E-state index is 11.9. The molecule has 0 saturated heterocycles. The Kier molecular flexibility index (Phi) is 11.3. The highest BCUT2D eigenvalue weighted by Gasteiger charge is 2.33. The predicted octanol–water partition coefficient (Wildman–Crippen LogP) is 6.08. The van der Waals surface area contributed by atoms with Gasteiger partial charge in [-0.2, -0.15) is 10.2 Å². The maximum atomic E-state index is 11.9. The van der Waals surface area contributed by atoms with E-state index in [0.29, 0.717) is 32.9 Å². The first-order valence-corrected chi connectivity index (χ1v) is 18.9. The molecule has 1 aliphatic heterocycles. The van der Waals surface area contributed by atoms with Crippen LogP contribution in [-0.2, 0) is 24.4 Å². The average Bonchev–Trinajstić information content (AvgIpc) is 3.91. The molecule has 0 unspecified atom stereocenters. The van der Waals surface area contributed by atoms with Crippen LogP contribution in [0.15, 0.2) is 82.5 Å². The van der Waals surface area contributed by atoms with E-state index in [4.69, 9.17) is 24.2 Å². The highest BCUT2D eigenvalue weighted by atomic mass is 79.9. The summed E-state index contributed by atoms with van der Waals surface area (Å²) in [7, 11) is 1.62. The van der Waals surface area contributed by atoms with Crippen LogP contribution in [0.4, 0.5) is 0 Å². The highest BCUT2D eigenvalue weighted by Crippen LogP contribution is 2.43. The van der Waals surface area contributed by atoms with Gasteiger partial charge in [0, 0.05) is 42.2 Å². The molecular weight excluding hydrogens is 778 g/mol. The Morgan fingerprint density at radius 1 is 1.05 bits per heavy atom. The fourth-order valence-corrected chi connectivity index (χ4v) is 7.39. The summed E-state index contributed by atoms with van der Waals surface area (Å²) in [6, 6.07) is 22.1. The molecule has 0 radical (unpaired) electrons. The van der Waals surface area contributed by atoms with Crippen molar-refractivity contribution in [1.29, 1.82) is 5.26 Å². The standard InChI is InChI=1S/C42H40BrN7O6/c1-24-28(6-4-7-29(24)35-12-10-33(39(49-35)54-3)37-46-14-15-47-37)30-8-5-9-32-31(30)11-13-36(32)56-40-34(43)17-27(21-48-42(2,23-51)41(52)53)38(50-40)55-22-26-16-25(18-44)19-45-20-26/h4-10,12,16-17,19-20,36,48,51H,11,13-15,21-23H2,1-3H3,(H,46,47)(H,52,53)/t36-,42-/m0/s1. The van der Waals surface area contributed by atoms with Gasteiger partial charge in [0.1, 0.15) is 30.2 Å². The van der Waals surface area contributed by atoms with Gasteiger partial charge in [0.2, 0.25) is 17.6 Å². The van der Waals surface area contributed by atoms with Crippen molar-refractivity contribution in [2.24, 2.45) is 4.99 Å². The summed E-state index contributed by atoms with van der Waals surface area (Å²) >= 11 is 3.63. The zero-order valence-electron chi connectivity index (χ0n) is 31.1. The number of aliphatic hydroxyl groups is 1. The third-order valence-electron chi connectivity index (χ3n) is 10.1. The number of nitriles is 1. The van der Waals surface area contributed by atoms with Crippen LogP contribution in [-0.4, -0.2) is 69.3 Å². The van der Waals surface area contributed by atoms with Crippen molar-refractivity contribution >= 4 is 27.7 Å². The maximum Gasteiger partial charge on any atom is 0.326 e. The minimum absolute atomic E-state index is 0.0219. The minimum Gasteiger partial charge on any atom is -0.480 e. The third kappa shape index (κ3) is 7.79. The molecule has 13 nitrogen and oxygen atoms in total. The van der Waals surface area contributed by atoms with Crippen LogP contribution in [0.1, 0.15) is 58.4 Å². The van der Waals surface area contributed by atoms with Gasteiger partial charge in [0.15, 0.2) is 0 Å². The number of carbonyl (C=O) groups is 1. The molecule has 0 amide bonds. The van der Waals surface area contributed by atoms with E-state index in [1.807, 2.05) is 18.2 Å². The monoisotopic (exact) mass is 817 g/mol. The lowest BCUT2D eigenvalue weighted by Crippen LogP contribution is -2.52.